The maximum atomic E-state index is 11.5. The zero-order valence-electron chi connectivity index (χ0n) is 11.5. The largest absolute Gasteiger partial charge is 0.378 e. The summed E-state index contributed by atoms with van der Waals surface area (Å²) < 4.78 is 0. The van der Waals surface area contributed by atoms with Crippen LogP contribution in [0.3, 0.4) is 0 Å². The van der Waals surface area contributed by atoms with Gasteiger partial charge in [-0.1, -0.05) is 6.07 Å². The molecule has 1 heterocycles. The molecule has 2 fully saturated rings. The Morgan fingerprint density at radius 3 is 2.40 bits per heavy atom. The van der Waals surface area contributed by atoms with Crippen LogP contribution in [0.15, 0.2) is 18.2 Å². The maximum absolute atomic E-state index is 11.5. The average Bonchev–Trinajstić information content (AvgIpc) is 3.33. The van der Waals surface area contributed by atoms with Crippen LogP contribution in [0, 0.1) is 11.8 Å². The van der Waals surface area contributed by atoms with Gasteiger partial charge in [-0.2, -0.15) is 0 Å². The first-order chi connectivity index (χ1) is 9.70. The van der Waals surface area contributed by atoms with E-state index in [2.05, 4.69) is 10.2 Å². The molecule has 4 rings (SSSR count). The minimum absolute atomic E-state index is 0.312. The zero-order chi connectivity index (χ0) is 13.7. The predicted octanol–water partition coefficient (Wildman–Crippen LogP) is 2.30. The summed E-state index contributed by atoms with van der Waals surface area (Å²) >= 11 is 0. The van der Waals surface area contributed by atoms with E-state index in [1.165, 1.54) is 31.4 Å². The summed E-state index contributed by atoms with van der Waals surface area (Å²) in [6.45, 7) is 2.26. The lowest BCUT2D eigenvalue weighted by atomic mass is 10.1. The second-order valence-electron chi connectivity index (χ2n) is 6.46. The summed E-state index contributed by atoms with van der Waals surface area (Å²) in [5, 5.41) is 12.5. The third kappa shape index (κ3) is 2.29. The molecule has 20 heavy (non-hydrogen) atoms. The number of nitrogens with zero attached hydrogens (tertiary/aromatic N) is 1. The van der Waals surface area contributed by atoms with Crippen molar-refractivity contribution in [3.05, 3.63) is 23.8 Å². The maximum Gasteiger partial charge on any atom is 0.257 e. The highest BCUT2D eigenvalue weighted by Gasteiger charge is 2.32. The summed E-state index contributed by atoms with van der Waals surface area (Å²) in [5.41, 5.74) is 2.66. The smallest absolute Gasteiger partial charge is 0.257 e. The first-order valence-electron chi connectivity index (χ1n) is 7.58. The molecule has 1 amide bonds. The van der Waals surface area contributed by atoms with Crippen LogP contribution in [0.5, 0.6) is 0 Å². The Labute approximate surface area is 118 Å². The fraction of sp³-hybridized carbons (Fsp3) is 0.562. The van der Waals surface area contributed by atoms with E-state index in [0.717, 1.165) is 30.6 Å². The van der Waals surface area contributed by atoms with Gasteiger partial charge < -0.3 is 15.3 Å². The van der Waals surface area contributed by atoms with Crippen molar-refractivity contribution >= 4 is 17.3 Å². The Balaban J connectivity index is 1.59. The Morgan fingerprint density at radius 1 is 1.15 bits per heavy atom. The highest BCUT2D eigenvalue weighted by Crippen LogP contribution is 2.38. The van der Waals surface area contributed by atoms with Crippen molar-refractivity contribution in [1.29, 1.82) is 0 Å². The van der Waals surface area contributed by atoms with E-state index in [-0.39, 0.29) is 5.91 Å². The number of aliphatic hydroxyl groups is 1. The van der Waals surface area contributed by atoms with Crippen molar-refractivity contribution in [3.63, 3.8) is 0 Å². The van der Waals surface area contributed by atoms with Crippen molar-refractivity contribution in [2.75, 3.05) is 23.3 Å². The number of benzene rings is 1. The number of fused-ring (bicyclic) bond motifs is 1. The van der Waals surface area contributed by atoms with E-state index in [4.69, 9.17) is 0 Å². The SMILES string of the molecule is O=C1Nc2cc(N(CC3CC3)CC3CC3)ccc2C1O. The van der Waals surface area contributed by atoms with Gasteiger partial charge in [0.25, 0.3) is 5.91 Å². The van der Waals surface area contributed by atoms with Crippen LogP contribution in [0.4, 0.5) is 11.4 Å². The lowest BCUT2D eigenvalue weighted by molar-refractivity contribution is -0.123. The van der Waals surface area contributed by atoms with E-state index in [1.54, 1.807) is 0 Å². The fourth-order valence-electron chi connectivity index (χ4n) is 2.94. The van der Waals surface area contributed by atoms with Crippen molar-refractivity contribution in [3.8, 4) is 0 Å². The summed E-state index contributed by atoms with van der Waals surface area (Å²) in [4.78, 5) is 14.0. The number of rotatable bonds is 5. The molecule has 1 aromatic carbocycles. The molecule has 0 bridgehead atoms. The molecule has 0 saturated heterocycles. The van der Waals surface area contributed by atoms with E-state index >= 15 is 0 Å². The number of aliphatic hydroxyl groups excluding tert-OH is 1. The standard InChI is InChI=1S/C16H20N2O2/c19-15-13-6-5-12(7-14(13)17-16(15)20)18(8-10-1-2-10)9-11-3-4-11/h5-7,10-11,15,19H,1-4,8-9H2,(H,17,20). The summed E-state index contributed by atoms with van der Waals surface area (Å²) in [6.07, 6.45) is 4.39. The van der Waals surface area contributed by atoms with Crippen LogP contribution in [-0.4, -0.2) is 24.1 Å². The molecular weight excluding hydrogens is 252 g/mol. The molecule has 2 saturated carbocycles. The topological polar surface area (TPSA) is 52.6 Å². The lowest BCUT2D eigenvalue weighted by Gasteiger charge is -2.25. The molecular formula is C16H20N2O2. The molecule has 0 radical (unpaired) electrons. The molecule has 1 atom stereocenters. The third-order valence-corrected chi connectivity index (χ3v) is 4.55. The van der Waals surface area contributed by atoms with Crippen LogP contribution < -0.4 is 10.2 Å². The summed E-state index contributed by atoms with van der Waals surface area (Å²) in [7, 11) is 0. The fourth-order valence-corrected chi connectivity index (χ4v) is 2.94. The Morgan fingerprint density at radius 2 is 1.80 bits per heavy atom. The summed E-state index contributed by atoms with van der Waals surface area (Å²) in [5.74, 6) is 1.39. The van der Waals surface area contributed by atoms with E-state index in [0.29, 0.717) is 5.56 Å². The second-order valence-corrected chi connectivity index (χ2v) is 6.46. The molecule has 1 aliphatic heterocycles. The van der Waals surface area contributed by atoms with Gasteiger partial charge in [0.1, 0.15) is 0 Å². The van der Waals surface area contributed by atoms with Crippen molar-refractivity contribution in [2.45, 2.75) is 31.8 Å². The quantitative estimate of drug-likeness (QED) is 0.864. The Kier molecular flexibility index (Phi) is 2.74. The van der Waals surface area contributed by atoms with E-state index in [9.17, 15) is 9.90 Å². The predicted molar refractivity (Wildman–Crippen MR) is 77.7 cm³/mol. The molecule has 4 nitrogen and oxygen atoms in total. The first-order valence-corrected chi connectivity index (χ1v) is 7.58. The van der Waals surface area contributed by atoms with Gasteiger partial charge in [0.15, 0.2) is 6.10 Å². The highest BCUT2D eigenvalue weighted by molar-refractivity contribution is 6.02. The van der Waals surface area contributed by atoms with Crippen LogP contribution in [0.2, 0.25) is 0 Å². The molecule has 0 spiro atoms. The second kappa shape index (κ2) is 4.48. The lowest BCUT2D eigenvalue weighted by Crippen LogP contribution is -2.28. The summed E-state index contributed by atoms with van der Waals surface area (Å²) in [6, 6.07) is 5.96. The highest BCUT2D eigenvalue weighted by atomic mass is 16.3. The van der Waals surface area contributed by atoms with Gasteiger partial charge in [-0.15, -0.1) is 0 Å². The molecule has 2 aliphatic carbocycles. The van der Waals surface area contributed by atoms with Crippen molar-refractivity contribution in [1.82, 2.24) is 0 Å². The third-order valence-electron chi connectivity index (χ3n) is 4.55. The van der Waals surface area contributed by atoms with Gasteiger partial charge in [0.2, 0.25) is 0 Å². The molecule has 106 valence electrons. The number of nitrogens with one attached hydrogen (secondary N) is 1. The van der Waals surface area contributed by atoms with Crippen LogP contribution in [-0.2, 0) is 4.79 Å². The van der Waals surface area contributed by atoms with Crippen LogP contribution >= 0.6 is 0 Å². The van der Waals surface area contributed by atoms with Crippen LogP contribution in [0.1, 0.15) is 37.4 Å². The molecule has 4 heteroatoms. The van der Waals surface area contributed by atoms with Gasteiger partial charge in [0.05, 0.1) is 0 Å². The number of carbonyl (C=O) groups excluding carboxylic acids is 1. The Hall–Kier alpha value is -1.55. The molecule has 2 N–H and O–H groups in total. The minimum atomic E-state index is -1.00. The van der Waals surface area contributed by atoms with E-state index < -0.39 is 6.10 Å². The van der Waals surface area contributed by atoms with Gasteiger partial charge in [-0.05, 0) is 49.7 Å². The van der Waals surface area contributed by atoms with Crippen molar-refractivity contribution in [2.24, 2.45) is 11.8 Å². The molecule has 3 aliphatic rings. The molecule has 1 unspecified atom stereocenters. The normalized spacial score (nSPS) is 24.4. The first kappa shape index (κ1) is 12.2. The number of carbonyl (C=O) groups is 1. The number of amides is 1. The molecule has 1 aromatic rings. The van der Waals surface area contributed by atoms with Crippen LogP contribution in [0.25, 0.3) is 0 Å². The molecule has 0 aromatic heterocycles. The van der Waals surface area contributed by atoms with E-state index in [1.807, 2.05) is 18.2 Å². The monoisotopic (exact) mass is 272 g/mol. The van der Waals surface area contributed by atoms with Gasteiger partial charge in [-0.25, -0.2) is 0 Å². The average molecular weight is 272 g/mol. The Bertz CT molecular complexity index is 535. The number of anilines is 2. The number of hydrogen-bond donors (Lipinski definition) is 2. The van der Waals surface area contributed by atoms with Gasteiger partial charge in [0, 0.05) is 30.0 Å². The minimum Gasteiger partial charge on any atom is -0.378 e. The van der Waals surface area contributed by atoms with Gasteiger partial charge in [-0.3, -0.25) is 4.79 Å². The van der Waals surface area contributed by atoms with Crippen molar-refractivity contribution < 1.29 is 9.90 Å². The van der Waals surface area contributed by atoms with Gasteiger partial charge >= 0.3 is 0 Å². The zero-order valence-corrected chi connectivity index (χ0v) is 11.5. The number of hydrogen-bond acceptors (Lipinski definition) is 3.